The molecule has 0 aromatic carbocycles. The first kappa shape index (κ1) is 20.0. The van der Waals surface area contributed by atoms with Crippen molar-refractivity contribution in [1.82, 2.24) is 0 Å². The van der Waals surface area contributed by atoms with Crippen LogP contribution in [0.25, 0.3) is 0 Å². The molecule has 0 aromatic rings. The predicted octanol–water partition coefficient (Wildman–Crippen LogP) is 6.00. The van der Waals surface area contributed by atoms with Gasteiger partial charge in [-0.3, -0.25) is 0 Å². The minimum atomic E-state index is 0.769. The summed E-state index contributed by atoms with van der Waals surface area (Å²) in [6.45, 7) is 16.3. The molecule has 0 heterocycles. The van der Waals surface area contributed by atoms with Crippen LogP contribution in [-0.4, -0.2) is 0 Å². The Labute approximate surface area is 98.5 Å². The van der Waals surface area contributed by atoms with Gasteiger partial charge in [-0.2, -0.15) is 0 Å². The van der Waals surface area contributed by atoms with E-state index in [1.165, 1.54) is 25.7 Å². The summed E-state index contributed by atoms with van der Waals surface area (Å²) in [6.07, 6.45) is 11.3. The summed E-state index contributed by atoms with van der Waals surface area (Å²) in [5.41, 5.74) is 0. The summed E-state index contributed by atoms with van der Waals surface area (Å²) >= 11 is 0. The molecule has 0 rings (SSSR count). The van der Waals surface area contributed by atoms with E-state index in [0.29, 0.717) is 0 Å². The molecule has 1 unspecified atom stereocenters. The Bertz CT molecular complexity index is 111. The Morgan fingerprint density at radius 3 is 1.87 bits per heavy atom. The summed E-state index contributed by atoms with van der Waals surface area (Å²) in [7, 11) is 0. The summed E-state index contributed by atoms with van der Waals surface area (Å²) in [4.78, 5) is 0. The van der Waals surface area contributed by atoms with Gasteiger partial charge in [-0.15, -0.1) is 6.58 Å². The Morgan fingerprint density at radius 2 is 1.73 bits per heavy atom. The first-order valence-electron chi connectivity index (χ1n) is 6.46. The molecule has 0 bridgehead atoms. The van der Waals surface area contributed by atoms with Crippen LogP contribution >= 0.6 is 0 Å². The third-order valence-electron chi connectivity index (χ3n) is 1.93. The van der Waals surface area contributed by atoms with Crippen molar-refractivity contribution in [1.29, 1.82) is 0 Å². The van der Waals surface area contributed by atoms with Gasteiger partial charge in [0.05, 0.1) is 0 Å². The quantitative estimate of drug-likeness (QED) is 0.387. The van der Waals surface area contributed by atoms with Crippen LogP contribution in [0, 0.1) is 5.92 Å². The largest absolute Gasteiger partial charge is 0.103 e. The maximum absolute atomic E-state index is 3.60. The fraction of sp³-hybridized carbons (Fsp3) is 0.733. The molecular formula is C15H32. The van der Waals surface area contributed by atoms with E-state index in [0.717, 1.165) is 5.92 Å². The molecule has 0 amide bonds. The zero-order valence-electron chi connectivity index (χ0n) is 11.8. The van der Waals surface area contributed by atoms with Crippen LogP contribution < -0.4 is 0 Å². The zero-order chi connectivity index (χ0) is 12.5. The number of unbranched alkanes of at least 4 members (excludes halogenated alkanes) is 2. The molecule has 0 fully saturated rings. The molecule has 0 saturated carbocycles. The van der Waals surface area contributed by atoms with Crippen molar-refractivity contribution in [2.75, 3.05) is 0 Å². The van der Waals surface area contributed by atoms with Gasteiger partial charge < -0.3 is 0 Å². The second kappa shape index (κ2) is 23.4. The van der Waals surface area contributed by atoms with E-state index < -0.39 is 0 Å². The zero-order valence-corrected chi connectivity index (χ0v) is 11.8. The molecule has 0 heteroatoms. The molecule has 92 valence electrons. The molecular weight excluding hydrogens is 180 g/mol. The lowest BCUT2D eigenvalue weighted by molar-refractivity contribution is 0.697. The Morgan fingerprint density at radius 1 is 1.20 bits per heavy atom. The van der Waals surface area contributed by atoms with Gasteiger partial charge in [0.15, 0.2) is 0 Å². The Balaban J connectivity index is -0.000000166. The standard InChI is InChI=1S/C7H14.C6H12.C2H6/c1-4-6-7(3)5-2;1-3-5-6-4-2;1-2/h4,6-7H,5H2,1-3H3;3H,1,4-6H2,2H3;1-2H3/b6-4-;;. The second-order valence-electron chi connectivity index (χ2n) is 3.34. The molecule has 15 heavy (non-hydrogen) atoms. The Kier molecular flexibility index (Phi) is 31.1. The van der Waals surface area contributed by atoms with Crippen molar-refractivity contribution in [2.24, 2.45) is 5.92 Å². The average Bonchev–Trinajstić information content (AvgIpc) is 2.30. The van der Waals surface area contributed by atoms with Crippen LogP contribution in [-0.2, 0) is 0 Å². The van der Waals surface area contributed by atoms with Gasteiger partial charge in [0.2, 0.25) is 0 Å². The highest BCUT2D eigenvalue weighted by Crippen LogP contribution is 2.00. The molecule has 1 atom stereocenters. The third-order valence-corrected chi connectivity index (χ3v) is 1.93. The highest BCUT2D eigenvalue weighted by Gasteiger charge is 1.85. The minimum Gasteiger partial charge on any atom is -0.103 e. The predicted molar refractivity (Wildman–Crippen MR) is 75.3 cm³/mol. The number of rotatable bonds is 5. The van der Waals surface area contributed by atoms with E-state index in [4.69, 9.17) is 0 Å². The lowest BCUT2D eigenvalue weighted by Gasteiger charge is -1.95. The van der Waals surface area contributed by atoms with E-state index in [1.807, 2.05) is 19.9 Å². The molecule has 0 spiro atoms. The molecule has 0 aromatic heterocycles. The Hall–Kier alpha value is -0.520. The summed E-state index contributed by atoms with van der Waals surface area (Å²) < 4.78 is 0. The maximum atomic E-state index is 3.60. The summed E-state index contributed by atoms with van der Waals surface area (Å²) in [5.74, 6) is 0.769. The van der Waals surface area contributed by atoms with E-state index >= 15 is 0 Å². The highest BCUT2D eigenvalue weighted by molar-refractivity contribution is 4.81. The molecule has 0 aliphatic rings. The maximum Gasteiger partial charge on any atom is -0.0265 e. The minimum absolute atomic E-state index is 0.769. The summed E-state index contributed by atoms with van der Waals surface area (Å²) in [5, 5.41) is 0. The normalized spacial score (nSPS) is 10.8. The SMILES string of the molecule is C/C=C\C(C)CC.C=CCCCC.CC. The number of hydrogen-bond acceptors (Lipinski definition) is 0. The van der Waals surface area contributed by atoms with Crippen molar-refractivity contribution in [2.45, 2.75) is 67.2 Å². The molecule has 0 aliphatic heterocycles. The van der Waals surface area contributed by atoms with Crippen molar-refractivity contribution in [3.8, 4) is 0 Å². The number of allylic oxidation sites excluding steroid dienone is 3. The second-order valence-corrected chi connectivity index (χ2v) is 3.34. The van der Waals surface area contributed by atoms with Crippen molar-refractivity contribution >= 4 is 0 Å². The monoisotopic (exact) mass is 212 g/mol. The van der Waals surface area contributed by atoms with Gasteiger partial charge in [0.25, 0.3) is 0 Å². The van der Waals surface area contributed by atoms with Crippen LogP contribution in [0.2, 0.25) is 0 Å². The van der Waals surface area contributed by atoms with Crippen LogP contribution in [0.15, 0.2) is 24.8 Å². The van der Waals surface area contributed by atoms with Gasteiger partial charge in [-0.1, -0.05) is 72.1 Å². The van der Waals surface area contributed by atoms with Gasteiger partial charge in [0, 0.05) is 0 Å². The van der Waals surface area contributed by atoms with E-state index in [-0.39, 0.29) is 0 Å². The average molecular weight is 212 g/mol. The first-order valence-corrected chi connectivity index (χ1v) is 6.46. The van der Waals surface area contributed by atoms with E-state index in [1.54, 1.807) is 0 Å². The highest BCUT2D eigenvalue weighted by atomic mass is 13.9. The molecule has 0 nitrogen and oxygen atoms in total. The van der Waals surface area contributed by atoms with Gasteiger partial charge in [-0.25, -0.2) is 0 Å². The molecule has 0 radical (unpaired) electrons. The third kappa shape index (κ3) is 31.8. The van der Waals surface area contributed by atoms with Crippen molar-refractivity contribution < 1.29 is 0 Å². The lowest BCUT2D eigenvalue weighted by Crippen LogP contribution is -1.81. The van der Waals surface area contributed by atoms with Crippen LogP contribution in [0.1, 0.15) is 67.2 Å². The fourth-order valence-corrected chi connectivity index (χ4v) is 0.813. The van der Waals surface area contributed by atoms with Gasteiger partial charge >= 0.3 is 0 Å². The van der Waals surface area contributed by atoms with Crippen LogP contribution in [0.4, 0.5) is 0 Å². The molecule has 0 N–H and O–H groups in total. The smallest absolute Gasteiger partial charge is 0.0265 e. The van der Waals surface area contributed by atoms with Gasteiger partial charge in [0.1, 0.15) is 0 Å². The van der Waals surface area contributed by atoms with Crippen molar-refractivity contribution in [3.05, 3.63) is 24.8 Å². The van der Waals surface area contributed by atoms with Crippen LogP contribution in [0.3, 0.4) is 0 Å². The topological polar surface area (TPSA) is 0 Å². The fourth-order valence-electron chi connectivity index (χ4n) is 0.813. The molecule has 0 aliphatic carbocycles. The van der Waals surface area contributed by atoms with Gasteiger partial charge in [-0.05, 0) is 19.3 Å². The summed E-state index contributed by atoms with van der Waals surface area (Å²) in [6, 6.07) is 0. The van der Waals surface area contributed by atoms with Crippen LogP contribution in [0.5, 0.6) is 0 Å². The first-order chi connectivity index (χ1) is 7.22. The molecule has 0 saturated heterocycles. The van der Waals surface area contributed by atoms with E-state index in [2.05, 4.69) is 46.4 Å². The lowest BCUT2D eigenvalue weighted by atomic mass is 10.1. The van der Waals surface area contributed by atoms with E-state index in [9.17, 15) is 0 Å². The number of hydrogen-bond donors (Lipinski definition) is 0. The van der Waals surface area contributed by atoms with Crippen molar-refractivity contribution in [3.63, 3.8) is 0 Å².